The van der Waals surface area contributed by atoms with Crippen LogP contribution in [0.15, 0.2) is 35.8 Å². The Morgan fingerprint density at radius 1 is 0.747 bits per heavy atom. The van der Waals surface area contributed by atoms with Crippen LogP contribution < -0.4 is 37.6 Å². The molecule has 3 fully saturated rings. The van der Waals surface area contributed by atoms with E-state index in [9.17, 15) is 47.9 Å². The number of likely N-dealkylation sites (tertiary alicyclic amines) is 2. The van der Waals surface area contributed by atoms with Gasteiger partial charge < -0.3 is 52.4 Å². The number of nitrogens with two attached hydrogens (primary N) is 1. The normalized spacial score (nSPS) is 18.9. The monoisotopic (exact) mass is 1060 g/mol. The number of thiazole rings is 1. The molecule has 21 nitrogen and oxygen atoms in total. The van der Waals surface area contributed by atoms with Gasteiger partial charge in [0.05, 0.1) is 5.01 Å². The van der Waals surface area contributed by atoms with E-state index in [1.54, 1.807) is 20.0 Å². The van der Waals surface area contributed by atoms with E-state index in [-0.39, 0.29) is 68.6 Å². The molecule has 0 bridgehead atoms. The number of fused-ring (bicyclic) bond motifs is 1. The number of benzene rings is 1. The molecule has 8 atom stereocenters. The highest BCUT2D eigenvalue weighted by atomic mass is 32.1. The Morgan fingerprint density at radius 3 is 1.99 bits per heavy atom. The summed E-state index contributed by atoms with van der Waals surface area (Å²) >= 11 is 1.23. The van der Waals surface area contributed by atoms with Gasteiger partial charge in [0.1, 0.15) is 48.0 Å². The lowest BCUT2D eigenvalue weighted by molar-refractivity contribution is -0.144. The molecule has 0 spiro atoms. The van der Waals surface area contributed by atoms with Gasteiger partial charge in [-0.05, 0) is 94.1 Å². The van der Waals surface area contributed by atoms with Crippen molar-refractivity contribution in [2.45, 2.75) is 174 Å². The molecular weight excluding hydrogens is 983 g/mol. The third kappa shape index (κ3) is 15.4. The topological polar surface area (TPSA) is 304 Å². The summed E-state index contributed by atoms with van der Waals surface area (Å²) in [6.07, 6.45) is 5.26. The molecule has 1 aromatic carbocycles. The number of amides is 9. The van der Waals surface area contributed by atoms with Gasteiger partial charge in [-0.1, -0.05) is 66.2 Å². The average molecular weight is 1060 g/mol. The van der Waals surface area contributed by atoms with E-state index >= 15 is 0 Å². The third-order valence-electron chi connectivity index (χ3n) is 14.2. The Morgan fingerprint density at radius 2 is 1.36 bits per heavy atom. The van der Waals surface area contributed by atoms with E-state index in [1.165, 1.54) is 26.5 Å². The Labute approximate surface area is 441 Å². The van der Waals surface area contributed by atoms with Crippen LogP contribution in [0.3, 0.4) is 0 Å². The maximum Gasteiger partial charge on any atom is 0.287 e. The third-order valence-corrected chi connectivity index (χ3v) is 14.9. The van der Waals surface area contributed by atoms with Gasteiger partial charge in [0, 0.05) is 54.5 Å². The van der Waals surface area contributed by atoms with Crippen LogP contribution in [0.2, 0.25) is 0 Å². The van der Waals surface area contributed by atoms with Crippen molar-refractivity contribution in [3.63, 3.8) is 0 Å². The first-order valence-electron chi connectivity index (χ1n) is 26.4. The minimum atomic E-state index is -1.35. The molecule has 2 aromatic heterocycles. The number of hydrogen-bond donors (Lipinski definition) is 8. The Kier molecular flexibility index (Phi) is 20.1. The maximum absolute atomic E-state index is 14.7. The Balaban J connectivity index is 1.17. The van der Waals surface area contributed by atoms with E-state index in [4.69, 9.17) is 5.73 Å². The molecule has 4 heterocycles. The van der Waals surface area contributed by atoms with Crippen LogP contribution in [0.5, 0.6) is 0 Å². The van der Waals surface area contributed by atoms with Gasteiger partial charge in [0.15, 0.2) is 0 Å². The van der Waals surface area contributed by atoms with Crippen LogP contribution in [0.25, 0.3) is 10.9 Å². The van der Waals surface area contributed by atoms with Crippen LogP contribution in [0.4, 0.5) is 0 Å². The van der Waals surface area contributed by atoms with Crippen molar-refractivity contribution in [1.29, 1.82) is 0 Å². The van der Waals surface area contributed by atoms with Crippen molar-refractivity contribution in [1.82, 2.24) is 51.7 Å². The van der Waals surface area contributed by atoms with Gasteiger partial charge in [-0.3, -0.25) is 47.9 Å². The number of aromatic nitrogens is 2. The van der Waals surface area contributed by atoms with Crippen LogP contribution in [-0.2, 0) is 49.6 Å². The number of primary amides is 1. The lowest BCUT2D eigenvalue weighted by Crippen LogP contribution is -2.61. The van der Waals surface area contributed by atoms with Crippen LogP contribution in [0.1, 0.15) is 133 Å². The molecule has 2 aliphatic heterocycles. The number of hydrogen-bond acceptors (Lipinski definition) is 12. The van der Waals surface area contributed by atoms with Crippen molar-refractivity contribution in [2.24, 2.45) is 23.5 Å². The summed E-state index contributed by atoms with van der Waals surface area (Å²) < 4.78 is 0. The van der Waals surface area contributed by atoms with Crippen molar-refractivity contribution in [3.05, 3.63) is 52.1 Å². The van der Waals surface area contributed by atoms with E-state index in [1.807, 2.05) is 58.9 Å². The first-order valence-corrected chi connectivity index (χ1v) is 27.3. The summed E-state index contributed by atoms with van der Waals surface area (Å²) in [5.41, 5.74) is 7.38. The minimum Gasteiger partial charge on any atom is -0.368 e. The summed E-state index contributed by atoms with van der Waals surface area (Å²) in [5, 5.41) is 19.7. The average Bonchev–Trinajstić information content (AvgIpc) is 3.81. The predicted octanol–water partition coefficient (Wildman–Crippen LogP) is 2.45. The quantitative estimate of drug-likeness (QED) is 0.0540. The Bertz CT molecular complexity index is 2590. The number of aromatic amines is 1. The van der Waals surface area contributed by atoms with Gasteiger partial charge in [-0.2, -0.15) is 0 Å². The second kappa shape index (κ2) is 26.2. The zero-order chi connectivity index (χ0) is 54.7. The van der Waals surface area contributed by atoms with Gasteiger partial charge in [-0.25, -0.2) is 4.98 Å². The molecule has 408 valence electrons. The molecule has 3 aliphatic rings. The highest BCUT2D eigenvalue weighted by Crippen LogP contribution is 2.26. The van der Waals surface area contributed by atoms with Crippen LogP contribution in [0, 0.1) is 24.7 Å². The smallest absolute Gasteiger partial charge is 0.287 e. The number of aryl methyl sites for hydroxylation is 1. The molecule has 1 unspecified atom stereocenters. The van der Waals surface area contributed by atoms with E-state index in [0.29, 0.717) is 37.2 Å². The number of H-pyrrole nitrogens is 1. The minimum absolute atomic E-state index is 0.0566. The highest BCUT2D eigenvalue weighted by molar-refractivity contribution is 7.09. The van der Waals surface area contributed by atoms with Crippen LogP contribution in [-0.4, -0.2) is 140 Å². The second-order valence-electron chi connectivity index (χ2n) is 21.1. The zero-order valence-corrected chi connectivity index (χ0v) is 44.9. The number of ketones is 1. The Hall–Kier alpha value is -6.71. The standard InChI is InChI=1S/C53H75N11O10S/c1-8-30(6)44(62-47(68)37(23-28(2)3)59-46(67)36(58-48(69)40-27-75-31(7)56-40)19-20-43(65)50(71)57-33-17-18-33)51(72)61-38(24-29(4)5)52(73)64-22-12-16-42(64)49(70)60-39(53(74)63-21-11-15-41(63)45(54)66)25-32-26-55-35-14-10-9-13-34(32)35/h9-10,13-14,26-30,33,36-39,41-42,44,55H,8,11-12,15-25H2,1-7H3,(H2,54,66)(H,57,71)(H,58,69)(H,59,67)(H,60,70)(H,61,72)(H,62,68)/t30-,36-,37-,38-,39-,41-,42-,44?/m0/s1. The zero-order valence-electron chi connectivity index (χ0n) is 44.1. The summed E-state index contributed by atoms with van der Waals surface area (Å²) in [6.45, 7) is 13.3. The molecule has 9 amide bonds. The number of para-hydroxylation sites is 1. The molecule has 3 aromatic rings. The van der Waals surface area contributed by atoms with Gasteiger partial charge in [0.2, 0.25) is 47.1 Å². The van der Waals surface area contributed by atoms with Crippen LogP contribution >= 0.6 is 11.3 Å². The van der Waals surface area contributed by atoms with Gasteiger partial charge in [-0.15, -0.1) is 11.3 Å². The van der Waals surface area contributed by atoms with Crippen molar-refractivity contribution >= 4 is 81.2 Å². The maximum atomic E-state index is 14.7. The number of nitrogens with one attached hydrogen (secondary N) is 7. The number of nitrogens with zero attached hydrogens (tertiary/aromatic N) is 3. The SMILES string of the molecule is CC[C@H](C)C(NC(=O)[C@H](CC(C)C)NC(=O)[C@H](CCC(=O)C(=O)NC1CC1)NC(=O)c1csc(C)n1)C(=O)N[C@@H](CC(C)C)C(=O)N1CCC[C@H]1C(=O)N[C@@H](Cc1c[nH]c2ccccc12)C(=O)N1CCC[C@H]1C(N)=O. The molecule has 6 rings (SSSR count). The number of rotatable bonds is 26. The highest BCUT2D eigenvalue weighted by Gasteiger charge is 2.43. The fourth-order valence-corrected chi connectivity index (χ4v) is 10.3. The summed E-state index contributed by atoms with van der Waals surface area (Å²) in [7, 11) is 0. The fraction of sp³-hybridized carbons (Fsp3) is 0.604. The van der Waals surface area contributed by atoms with Crippen molar-refractivity contribution < 1.29 is 47.9 Å². The first-order chi connectivity index (χ1) is 35.6. The largest absolute Gasteiger partial charge is 0.368 e. The van der Waals surface area contributed by atoms with Gasteiger partial charge >= 0.3 is 0 Å². The molecule has 1 saturated carbocycles. The molecule has 75 heavy (non-hydrogen) atoms. The van der Waals surface area contributed by atoms with Crippen molar-refractivity contribution in [3.8, 4) is 0 Å². The molecular formula is C53H75N11O10S. The lowest BCUT2D eigenvalue weighted by Gasteiger charge is -2.33. The van der Waals surface area contributed by atoms with E-state index in [2.05, 4.69) is 41.9 Å². The predicted molar refractivity (Wildman–Crippen MR) is 280 cm³/mol. The second-order valence-corrected chi connectivity index (χ2v) is 22.2. The molecule has 0 radical (unpaired) electrons. The number of carbonyl (C=O) groups excluding carboxylic acids is 10. The summed E-state index contributed by atoms with van der Waals surface area (Å²) in [4.78, 5) is 148. The summed E-state index contributed by atoms with van der Waals surface area (Å²) in [5.74, 6) is -7.25. The molecule has 22 heteroatoms. The summed E-state index contributed by atoms with van der Waals surface area (Å²) in [6, 6.07) is -0.297. The van der Waals surface area contributed by atoms with E-state index < -0.39 is 107 Å². The van der Waals surface area contributed by atoms with E-state index in [0.717, 1.165) is 29.3 Å². The van der Waals surface area contributed by atoms with Gasteiger partial charge in [0.25, 0.3) is 11.8 Å². The molecule has 9 N–H and O–H groups in total. The fourth-order valence-electron chi connectivity index (χ4n) is 9.75. The lowest BCUT2D eigenvalue weighted by atomic mass is 9.95. The molecule has 2 saturated heterocycles. The number of carbonyl (C=O) groups is 10. The van der Waals surface area contributed by atoms with Crippen molar-refractivity contribution in [2.75, 3.05) is 13.1 Å². The number of Topliss-reactive ketones (excluding diaryl/α,β-unsaturated/α-hetero) is 1. The molecule has 1 aliphatic carbocycles. The first kappa shape index (κ1) is 57.6.